The van der Waals surface area contributed by atoms with E-state index in [9.17, 15) is 0 Å². The van der Waals surface area contributed by atoms with Crippen LogP contribution in [-0.2, 0) is 0 Å². The van der Waals surface area contributed by atoms with Gasteiger partial charge < -0.3 is 0 Å². The highest BCUT2D eigenvalue weighted by Gasteiger charge is 2.01. The van der Waals surface area contributed by atoms with E-state index in [4.69, 9.17) is 5.84 Å². The number of aromatic nitrogens is 2. The molecule has 0 saturated heterocycles. The maximum Gasteiger partial charge on any atom is 0.237 e. The third-order valence-corrected chi connectivity index (χ3v) is 1.76. The lowest BCUT2D eigenvalue weighted by molar-refractivity contribution is 1.00. The molecule has 0 radical (unpaired) electrons. The van der Waals surface area contributed by atoms with Crippen molar-refractivity contribution in [3.8, 4) is 0 Å². The van der Waals surface area contributed by atoms with Crippen molar-refractivity contribution >= 4 is 5.95 Å². The van der Waals surface area contributed by atoms with Crippen LogP contribution < -0.4 is 11.3 Å². The smallest absolute Gasteiger partial charge is 0.237 e. The van der Waals surface area contributed by atoms with E-state index >= 15 is 0 Å². The molecule has 0 aromatic carbocycles. The monoisotopic (exact) mass is 152 g/mol. The zero-order valence-electron chi connectivity index (χ0n) is 6.97. The minimum Gasteiger partial charge on any atom is -0.292 e. The van der Waals surface area contributed by atoms with Gasteiger partial charge in [-0.25, -0.2) is 15.8 Å². The van der Waals surface area contributed by atoms with Gasteiger partial charge in [0.2, 0.25) is 5.95 Å². The molecule has 4 heteroatoms. The zero-order chi connectivity index (χ0) is 8.43. The summed E-state index contributed by atoms with van der Waals surface area (Å²) in [6, 6.07) is 0. The second-order valence-corrected chi connectivity index (χ2v) is 2.49. The predicted octanol–water partition coefficient (Wildman–Crippen LogP) is 0.687. The number of hydrazine groups is 1. The first-order valence-corrected chi connectivity index (χ1v) is 3.43. The molecule has 4 nitrogen and oxygen atoms in total. The number of nitrogens with two attached hydrogens (primary N) is 1. The Hall–Kier alpha value is -1.16. The van der Waals surface area contributed by atoms with Crippen LogP contribution in [-0.4, -0.2) is 9.97 Å². The summed E-state index contributed by atoms with van der Waals surface area (Å²) < 4.78 is 0. The summed E-state index contributed by atoms with van der Waals surface area (Å²) in [6.07, 6.45) is 0. The van der Waals surface area contributed by atoms with Crippen LogP contribution in [0, 0.1) is 20.8 Å². The number of rotatable bonds is 1. The van der Waals surface area contributed by atoms with Crippen LogP contribution >= 0.6 is 0 Å². The Morgan fingerprint density at radius 1 is 1.09 bits per heavy atom. The summed E-state index contributed by atoms with van der Waals surface area (Å²) in [5, 5.41) is 0. The molecule has 0 spiro atoms. The first-order valence-electron chi connectivity index (χ1n) is 3.43. The van der Waals surface area contributed by atoms with E-state index in [0.717, 1.165) is 17.0 Å². The van der Waals surface area contributed by atoms with Gasteiger partial charge in [0.1, 0.15) is 0 Å². The molecule has 1 aromatic rings. The summed E-state index contributed by atoms with van der Waals surface area (Å²) in [6.45, 7) is 5.86. The second kappa shape index (κ2) is 2.84. The third-order valence-electron chi connectivity index (χ3n) is 1.76. The lowest BCUT2D eigenvalue weighted by Crippen LogP contribution is -2.12. The van der Waals surface area contributed by atoms with Crippen molar-refractivity contribution in [1.82, 2.24) is 9.97 Å². The van der Waals surface area contributed by atoms with Crippen molar-refractivity contribution in [3.63, 3.8) is 0 Å². The molecule has 1 aromatic heterocycles. The van der Waals surface area contributed by atoms with Crippen LogP contribution in [0.2, 0.25) is 0 Å². The maximum absolute atomic E-state index is 5.16. The molecule has 0 fully saturated rings. The van der Waals surface area contributed by atoms with E-state index in [0.29, 0.717) is 5.95 Å². The van der Waals surface area contributed by atoms with Crippen molar-refractivity contribution in [2.24, 2.45) is 5.84 Å². The van der Waals surface area contributed by atoms with Gasteiger partial charge in [0.05, 0.1) is 0 Å². The summed E-state index contributed by atoms with van der Waals surface area (Å²) >= 11 is 0. The minimum atomic E-state index is 0.477. The molecule has 0 aliphatic heterocycles. The van der Waals surface area contributed by atoms with Gasteiger partial charge in [-0.2, -0.15) is 0 Å². The topological polar surface area (TPSA) is 63.8 Å². The van der Waals surface area contributed by atoms with Gasteiger partial charge in [-0.1, -0.05) is 0 Å². The molecule has 0 atom stereocenters. The summed E-state index contributed by atoms with van der Waals surface area (Å²) in [7, 11) is 0. The van der Waals surface area contributed by atoms with Crippen molar-refractivity contribution in [2.75, 3.05) is 5.43 Å². The molecule has 0 bridgehead atoms. The van der Waals surface area contributed by atoms with E-state index in [1.54, 1.807) is 0 Å². The Morgan fingerprint density at radius 2 is 1.55 bits per heavy atom. The largest absolute Gasteiger partial charge is 0.292 e. The Labute approximate surface area is 65.8 Å². The SMILES string of the molecule is Cc1nc(NN)nc(C)c1C. The number of nitrogens with one attached hydrogen (secondary N) is 1. The average molecular weight is 152 g/mol. The highest BCUT2D eigenvalue weighted by molar-refractivity contribution is 5.31. The molecule has 1 rings (SSSR count). The Kier molecular flexibility index (Phi) is 2.05. The number of nitrogens with zero attached hydrogens (tertiary/aromatic N) is 2. The van der Waals surface area contributed by atoms with E-state index < -0.39 is 0 Å². The molecular formula is C7H12N4. The Bertz CT molecular complexity index is 246. The van der Waals surface area contributed by atoms with Gasteiger partial charge in [-0.05, 0) is 26.3 Å². The molecule has 0 aliphatic rings. The molecule has 0 aliphatic carbocycles. The first-order chi connectivity index (χ1) is 5.15. The van der Waals surface area contributed by atoms with Gasteiger partial charge in [0, 0.05) is 11.4 Å². The Balaban J connectivity index is 3.21. The van der Waals surface area contributed by atoms with Crippen LogP contribution in [0.4, 0.5) is 5.95 Å². The molecule has 0 unspecified atom stereocenters. The second-order valence-electron chi connectivity index (χ2n) is 2.49. The molecule has 60 valence electrons. The number of hydrogen-bond acceptors (Lipinski definition) is 4. The van der Waals surface area contributed by atoms with E-state index in [1.807, 2.05) is 20.8 Å². The minimum absolute atomic E-state index is 0.477. The van der Waals surface area contributed by atoms with Gasteiger partial charge in [0.15, 0.2) is 0 Å². The van der Waals surface area contributed by atoms with Gasteiger partial charge >= 0.3 is 0 Å². The summed E-state index contributed by atoms with van der Waals surface area (Å²) in [4.78, 5) is 8.21. The number of hydrogen-bond donors (Lipinski definition) is 2. The zero-order valence-corrected chi connectivity index (χ0v) is 6.97. The highest BCUT2D eigenvalue weighted by Crippen LogP contribution is 2.09. The maximum atomic E-state index is 5.16. The van der Waals surface area contributed by atoms with E-state index in [-0.39, 0.29) is 0 Å². The molecule has 1 heterocycles. The van der Waals surface area contributed by atoms with Gasteiger partial charge in [-0.15, -0.1) is 0 Å². The van der Waals surface area contributed by atoms with Crippen molar-refractivity contribution in [1.29, 1.82) is 0 Å². The van der Waals surface area contributed by atoms with Crippen LogP contribution in [0.25, 0.3) is 0 Å². The van der Waals surface area contributed by atoms with E-state index in [1.165, 1.54) is 0 Å². The van der Waals surface area contributed by atoms with Crippen molar-refractivity contribution in [3.05, 3.63) is 17.0 Å². The van der Waals surface area contributed by atoms with Crippen LogP contribution in [0.5, 0.6) is 0 Å². The number of nitrogen functional groups attached to an aromatic ring is 1. The lowest BCUT2D eigenvalue weighted by atomic mass is 10.2. The molecular weight excluding hydrogens is 140 g/mol. The lowest BCUT2D eigenvalue weighted by Gasteiger charge is -2.05. The number of anilines is 1. The van der Waals surface area contributed by atoms with Crippen molar-refractivity contribution < 1.29 is 0 Å². The van der Waals surface area contributed by atoms with Crippen molar-refractivity contribution in [2.45, 2.75) is 20.8 Å². The Morgan fingerprint density at radius 3 is 1.91 bits per heavy atom. The fourth-order valence-electron chi connectivity index (χ4n) is 0.837. The summed E-state index contributed by atoms with van der Waals surface area (Å²) in [5.41, 5.74) is 5.46. The van der Waals surface area contributed by atoms with Crippen LogP contribution in [0.3, 0.4) is 0 Å². The first kappa shape index (κ1) is 7.94. The predicted molar refractivity (Wildman–Crippen MR) is 44.1 cm³/mol. The molecule has 11 heavy (non-hydrogen) atoms. The van der Waals surface area contributed by atoms with Gasteiger partial charge in [0.25, 0.3) is 0 Å². The third kappa shape index (κ3) is 1.46. The van der Waals surface area contributed by atoms with Crippen LogP contribution in [0.1, 0.15) is 17.0 Å². The van der Waals surface area contributed by atoms with E-state index in [2.05, 4.69) is 15.4 Å². The average Bonchev–Trinajstić information content (AvgIpc) is 1.99. The standard InChI is InChI=1S/C7H12N4/c1-4-5(2)9-7(11-8)10-6(4)3/h8H2,1-3H3,(H,9,10,11). The molecule has 0 amide bonds. The molecule has 3 N–H and O–H groups in total. The number of aryl methyl sites for hydroxylation is 2. The fraction of sp³-hybridized carbons (Fsp3) is 0.429. The summed E-state index contributed by atoms with van der Waals surface area (Å²) in [5.74, 6) is 5.64. The quantitative estimate of drug-likeness (QED) is 0.459. The normalized spacial score (nSPS) is 9.82. The molecule has 0 saturated carbocycles. The highest BCUT2D eigenvalue weighted by atomic mass is 15.3. The van der Waals surface area contributed by atoms with Gasteiger partial charge in [-0.3, -0.25) is 5.43 Å². The fourth-order valence-corrected chi connectivity index (χ4v) is 0.837. The van der Waals surface area contributed by atoms with Crippen LogP contribution in [0.15, 0.2) is 0 Å².